The Morgan fingerprint density at radius 1 is 1.15 bits per heavy atom. The van der Waals surface area contributed by atoms with Gasteiger partial charge in [0.15, 0.2) is 0 Å². The molecule has 1 saturated heterocycles. The number of imidazole rings is 1. The molecule has 20 heavy (non-hydrogen) atoms. The highest BCUT2D eigenvalue weighted by Gasteiger charge is 2.21. The summed E-state index contributed by atoms with van der Waals surface area (Å²) in [6.07, 6.45) is 3.78. The number of piperazine rings is 1. The van der Waals surface area contributed by atoms with Gasteiger partial charge in [-0.1, -0.05) is 0 Å². The van der Waals surface area contributed by atoms with Crippen LogP contribution >= 0.6 is 15.9 Å². The van der Waals surface area contributed by atoms with Gasteiger partial charge in [0.25, 0.3) is 0 Å². The van der Waals surface area contributed by atoms with Crippen molar-refractivity contribution >= 4 is 21.6 Å². The first-order chi connectivity index (χ1) is 9.63. The van der Waals surface area contributed by atoms with Crippen LogP contribution in [0, 0.1) is 0 Å². The molecule has 0 unspecified atom stereocenters. The average molecular weight is 335 g/mol. The fourth-order valence-corrected chi connectivity index (χ4v) is 3.09. The third-order valence-corrected chi connectivity index (χ3v) is 4.27. The van der Waals surface area contributed by atoms with E-state index in [1.807, 2.05) is 17.1 Å². The van der Waals surface area contributed by atoms with Gasteiger partial charge in [-0.2, -0.15) is 0 Å². The first kappa shape index (κ1) is 13.6. The molecule has 0 amide bonds. The summed E-state index contributed by atoms with van der Waals surface area (Å²) in [4.78, 5) is 9.06. The van der Waals surface area contributed by atoms with Gasteiger partial charge in [0.1, 0.15) is 10.9 Å². The minimum absolute atomic E-state index is 0.557. The number of aromatic nitrogens is 2. The summed E-state index contributed by atoms with van der Waals surface area (Å²) in [5.41, 5.74) is 2.43. The largest absolute Gasteiger partial charge is 0.366 e. The zero-order valence-electron chi connectivity index (χ0n) is 11.8. The lowest BCUT2D eigenvalue weighted by atomic mass is 10.1. The summed E-state index contributed by atoms with van der Waals surface area (Å²) in [5.74, 6) is 0. The number of nitrogens with zero attached hydrogens (tertiary/aromatic N) is 4. The van der Waals surface area contributed by atoms with Gasteiger partial charge < -0.3 is 14.4 Å². The molecule has 106 valence electrons. The Morgan fingerprint density at radius 3 is 2.45 bits per heavy atom. The average Bonchev–Trinajstić information content (AvgIpc) is 2.86. The van der Waals surface area contributed by atoms with Gasteiger partial charge in [0.2, 0.25) is 0 Å². The Morgan fingerprint density at radius 2 is 1.85 bits per heavy atom. The zero-order valence-corrected chi connectivity index (χ0v) is 13.4. The van der Waals surface area contributed by atoms with Crippen molar-refractivity contribution < 1.29 is 0 Å². The van der Waals surface area contributed by atoms with Crippen molar-refractivity contribution in [3.8, 4) is 5.69 Å². The topological polar surface area (TPSA) is 24.3 Å². The normalized spacial score (nSPS) is 20.4. The molecule has 0 saturated carbocycles. The van der Waals surface area contributed by atoms with Crippen LogP contribution < -0.4 is 4.90 Å². The molecule has 0 aliphatic carbocycles. The Balaban J connectivity index is 1.79. The fraction of sp³-hybridized carbons (Fsp3) is 0.400. The van der Waals surface area contributed by atoms with Crippen molar-refractivity contribution in [3.63, 3.8) is 0 Å². The van der Waals surface area contributed by atoms with E-state index < -0.39 is 0 Å². The Kier molecular flexibility index (Phi) is 3.81. The van der Waals surface area contributed by atoms with Crippen LogP contribution in [-0.2, 0) is 0 Å². The molecule has 1 aliphatic rings. The SMILES string of the molecule is C[C@H]1CN(C)CCN1c1ccc(-n2cnc(Br)c2)cc1. The summed E-state index contributed by atoms with van der Waals surface area (Å²) < 4.78 is 2.87. The second-order valence-corrected chi connectivity index (χ2v) is 6.24. The number of anilines is 1. The number of hydrogen-bond donors (Lipinski definition) is 0. The van der Waals surface area contributed by atoms with Gasteiger partial charge in [0.05, 0.1) is 0 Å². The third kappa shape index (κ3) is 2.74. The number of hydrogen-bond acceptors (Lipinski definition) is 3. The van der Waals surface area contributed by atoms with Crippen LogP contribution in [0.25, 0.3) is 5.69 Å². The standard InChI is InChI=1S/C15H19BrN4/c1-12-9-18(2)7-8-20(12)14-5-3-13(4-6-14)19-10-15(16)17-11-19/h3-6,10-12H,7-9H2,1-2H3/t12-/m0/s1. The fourth-order valence-electron chi connectivity index (χ4n) is 2.78. The van der Waals surface area contributed by atoms with Crippen LogP contribution in [0.2, 0.25) is 0 Å². The van der Waals surface area contributed by atoms with Crippen molar-refractivity contribution in [2.75, 3.05) is 31.6 Å². The maximum absolute atomic E-state index is 4.19. The van der Waals surface area contributed by atoms with Crippen LogP contribution in [0.5, 0.6) is 0 Å². The third-order valence-electron chi connectivity index (χ3n) is 3.86. The van der Waals surface area contributed by atoms with Crippen LogP contribution in [0.4, 0.5) is 5.69 Å². The smallest absolute Gasteiger partial charge is 0.124 e. The van der Waals surface area contributed by atoms with E-state index in [1.54, 1.807) is 0 Å². The van der Waals surface area contributed by atoms with Crippen molar-refractivity contribution in [1.82, 2.24) is 14.5 Å². The van der Waals surface area contributed by atoms with Gasteiger partial charge in [0, 0.05) is 43.2 Å². The van der Waals surface area contributed by atoms with Gasteiger partial charge in [-0.05, 0) is 54.2 Å². The molecule has 0 spiro atoms. The monoisotopic (exact) mass is 334 g/mol. The summed E-state index contributed by atoms with van der Waals surface area (Å²) in [6.45, 7) is 5.63. The quantitative estimate of drug-likeness (QED) is 0.844. The number of likely N-dealkylation sites (N-methyl/N-ethyl adjacent to an activating group) is 1. The zero-order chi connectivity index (χ0) is 14.1. The van der Waals surface area contributed by atoms with E-state index in [4.69, 9.17) is 0 Å². The molecule has 1 aromatic heterocycles. The lowest BCUT2D eigenvalue weighted by Gasteiger charge is -2.39. The Labute approximate surface area is 128 Å². The molecule has 1 aromatic carbocycles. The molecule has 2 aromatic rings. The van der Waals surface area contributed by atoms with Gasteiger partial charge in [-0.3, -0.25) is 0 Å². The molecule has 0 radical (unpaired) electrons. The predicted octanol–water partition coefficient (Wildman–Crippen LogP) is 2.78. The molecular weight excluding hydrogens is 316 g/mol. The Bertz CT molecular complexity index is 578. The molecule has 1 atom stereocenters. The predicted molar refractivity (Wildman–Crippen MR) is 85.6 cm³/mol. The maximum atomic E-state index is 4.19. The van der Waals surface area contributed by atoms with E-state index in [1.165, 1.54) is 5.69 Å². The number of benzene rings is 1. The van der Waals surface area contributed by atoms with Crippen LogP contribution in [-0.4, -0.2) is 47.2 Å². The van der Waals surface area contributed by atoms with E-state index >= 15 is 0 Å². The highest BCUT2D eigenvalue weighted by Crippen LogP contribution is 2.22. The van der Waals surface area contributed by atoms with Crippen molar-refractivity contribution in [2.24, 2.45) is 0 Å². The van der Waals surface area contributed by atoms with Crippen molar-refractivity contribution in [2.45, 2.75) is 13.0 Å². The molecule has 1 fully saturated rings. The van der Waals surface area contributed by atoms with Gasteiger partial charge in [-0.25, -0.2) is 4.98 Å². The minimum atomic E-state index is 0.557. The van der Waals surface area contributed by atoms with Gasteiger partial charge >= 0.3 is 0 Å². The second kappa shape index (κ2) is 5.58. The molecule has 4 nitrogen and oxygen atoms in total. The van der Waals surface area contributed by atoms with Crippen LogP contribution in [0.15, 0.2) is 41.4 Å². The van der Waals surface area contributed by atoms with Crippen LogP contribution in [0.1, 0.15) is 6.92 Å². The highest BCUT2D eigenvalue weighted by atomic mass is 79.9. The molecule has 3 rings (SSSR count). The highest BCUT2D eigenvalue weighted by molar-refractivity contribution is 9.10. The summed E-state index contributed by atoms with van der Waals surface area (Å²) in [6, 6.07) is 9.25. The second-order valence-electron chi connectivity index (χ2n) is 5.42. The van der Waals surface area contributed by atoms with Crippen molar-refractivity contribution in [1.29, 1.82) is 0 Å². The number of halogens is 1. The molecule has 0 bridgehead atoms. The van der Waals surface area contributed by atoms with E-state index in [0.717, 1.165) is 29.9 Å². The number of rotatable bonds is 2. The van der Waals surface area contributed by atoms with E-state index in [-0.39, 0.29) is 0 Å². The molecule has 2 heterocycles. The van der Waals surface area contributed by atoms with E-state index in [9.17, 15) is 0 Å². The first-order valence-electron chi connectivity index (χ1n) is 6.88. The minimum Gasteiger partial charge on any atom is -0.366 e. The van der Waals surface area contributed by atoms with Gasteiger partial charge in [-0.15, -0.1) is 0 Å². The summed E-state index contributed by atoms with van der Waals surface area (Å²) in [7, 11) is 2.19. The molecule has 1 aliphatic heterocycles. The van der Waals surface area contributed by atoms with E-state index in [0.29, 0.717) is 6.04 Å². The van der Waals surface area contributed by atoms with Crippen molar-refractivity contribution in [3.05, 3.63) is 41.4 Å². The molecule has 5 heteroatoms. The lowest BCUT2D eigenvalue weighted by molar-refractivity contribution is 0.275. The Hall–Kier alpha value is -1.33. The van der Waals surface area contributed by atoms with E-state index in [2.05, 4.69) is 69.0 Å². The molecular formula is C15H19BrN4. The summed E-state index contributed by atoms with van der Waals surface area (Å²) >= 11 is 3.38. The maximum Gasteiger partial charge on any atom is 0.124 e. The van der Waals surface area contributed by atoms with Crippen LogP contribution in [0.3, 0.4) is 0 Å². The summed E-state index contributed by atoms with van der Waals surface area (Å²) in [5, 5.41) is 0. The molecule has 0 N–H and O–H groups in total. The first-order valence-corrected chi connectivity index (χ1v) is 7.68. The lowest BCUT2D eigenvalue weighted by Crippen LogP contribution is -2.50.